The molecule has 72 valence electrons. The van der Waals surface area contributed by atoms with E-state index >= 15 is 0 Å². The van der Waals surface area contributed by atoms with Gasteiger partial charge in [-0.15, -0.1) is 0 Å². The van der Waals surface area contributed by atoms with E-state index in [1.165, 1.54) is 0 Å². The Morgan fingerprint density at radius 1 is 1.58 bits per heavy atom. The van der Waals surface area contributed by atoms with Crippen LogP contribution < -0.4 is 11.1 Å². The summed E-state index contributed by atoms with van der Waals surface area (Å²) in [6, 6.07) is -0.448. The van der Waals surface area contributed by atoms with Gasteiger partial charge in [-0.1, -0.05) is 13.8 Å². The Morgan fingerprint density at radius 3 is 2.50 bits per heavy atom. The average Bonchev–Trinajstić information content (AvgIpc) is 1.96. The van der Waals surface area contributed by atoms with Crippen LogP contribution >= 0.6 is 0 Å². The third kappa shape index (κ3) is 4.31. The first-order valence-corrected chi connectivity index (χ1v) is 4.25. The van der Waals surface area contributed by atoms with Crippen molar-refractivity contribution in [1.82, 2.24) is 5.32 Å². The Kier molecular flexibility index (Phi) is 5.66. The van der Waals surface area contributed by atoms with E-state index in [1.54, 1.807) is 0 Å². The fourth-order valence-corrected chi connectivity index (χ4v) is 0.968. The molecule has 12 heavy (non-hydrogen) atoms. The second-order valence-corrected chi connectivity index (χ2v) is 3.16. The highest BCUT2D eigenvalue weighted by atomic mass is 16.4. The normalized spacial score (nSPS) is 13.3. The molecule has 4 N–H and O–H groups in total. The van der Waals surface area contributed by atoms with Crippen molar-refractivity contribution in [2.75, 3.05) is 13.1 Å². The van der Waals surface area contributed by atoms with Gasteiger partial charge in [0.2, 0.25) is 0 Å². The highest BCUT2D eigenvalue weighted by molar-refractivity contribution is 5.73. The maximum atomic E-state index is 10.6. The molecule has 0 unspecified atom stereocenters. The molecule has 4 heteroatoms. The van der Waals surface area contributed by atoms with Crippen LogP contribution in [0.15, 0.2) is 0 Å². The molecule has 0 bridgehead atoms. The molecule has 0 aliphatic heterocycles. The molecule has 0 aromatic carbocycles. The van der Waals surface area contributed by atoms with Crippen molar-refractivity contribution >= 4 is 5.97 Å². The number of carboxylic acid groups (broad SMARTS) is 1. The van der Waals surface area contributed by atoms with E-state index in [4.69, 9.17) is 10.8 Å². The van der Waals surface area contributed by atoms with Crippen molar-refractivity contribution in [3.05, 3.63) is 0 Å². The first-order valence-electron chi connectivity index (χ1n) is 4.25. The van der Waals surface area contributed by atoms with Crippen LogP contribution in [-0.2, 0) is 4.79 Å². The number of carbonyl (C=O) groups is 1. The zero-order valence-electron chi connectivity index (χ0n) is 7.71. The van der Waals surface area contributed by atoms with Gasteiger partial charge in [-0.3, -0.25) is 4.79 Å². The number of rotatable bonds is 6. The van der Waals surface area contributed by atoms with Gasteiger partial charge in [0.15, 0.2) is 0 Å². The minimum absolute atomic E-state index is 0.111. The van der Waals surface area contributed by atoms with Gasteiger partial charge in [0.05, 0.1) is 0 Å². The molecule has 0 aliphatic carbocycles. The highest BCUT2D eigenvalue weighted by Crippen LogP contribution is 2.00. The van der Waals surface area contributed by atoms with Gasteiger partial charge in [0.1, 0.15) is 6.04 Å². The number of hydrogen-bond acceptors (Lipinski definition) is 3. The van der Waals surface area contributed by atoms with E-state index in [2.05, 4.69) is 5.32 Å². The Bertz CT molecular complexity index is 137. The molecule has 0 aromatic rings. The minimum atomic E-state index is -0.790. The van der Waals surface area contributed by atoms with Gasteiger partial charge >= 0.3 is 5.97 Å². The van der Waals surface area contributed by atoms with Crippen molar-refractivity contribution in [2.45, 2.75) is 26.3 Å². The molecule has 0 spiro atoms. The molecule has 0 amide bonds. The highest BCUT2D eigenvalue weighted by Gasteiger charge is 2.19. The van der Waals surface area contributed by atoms with Crippen LogP contribution in [0.25, 0.3) is 0 Å². The van der Waals surface area contributed by atoms with E-state index in [9.17, 15) is 4.79 Å². The number of nitrogens with one attached hydrogen (secondary N) is 1. The van der Waals surface area contributed by atoms with Crippen LogP contribution in [0.3, 0.4) is 0 Å². The van der Waals surface area contributed by atoms with Gasteiger partial charge in [-0.2, -0.15) is 0 Å². The van der Waals surface area contributed by atoms with E-state index in [0.717, 1.165) is 6.42 Å². The molecule has 0 rings (SSSR count). The number of hydrogen-bond donors (Lipinski definition) is 3. The summed E-state index contributed by atoms with van der Waals surface area (Å²) in [5.74, 6) is -0.678. The summed E-state index contributed by atoms with van der Waals surface area (Å²) in [7, 11) is 0. The lowest BCUT2D eigenvalue weighted by atomic mass is 10.0. The molecule has 4 nitrogen and oxygen atoms in total. The summed E-state index contributed by atoms with van der Waals surface area (Å²) >= 11 is 0. The Balaban J connectivity index is 3.72. The topological polar surface area (TPSA) is 75.3 Å². The first-order chi connectivity index (χ1) is 5.59. The Morgan fingerprint density at radius 2 is 2.17 bits per heavy atom. The maximum Gasteiger partial charge on any atom is 0.320 e. The fourth-order valence-electron chi connectivity index (χ4n) is 0.968. The van der Waals surface area contributed by atoms with E-state index in [1.807, 2.05) is 13.8 Å². The van der Waals surface area contributed by atoms with Crippen molar-refractivity contribution < 1.29 is 9.90 Å². The molecule has 0 aliphatic rings. The predicted molar refractivity (Wildman–Crippen MR) is 47.9 cm³/mol. The standard InChI is InChI=1S/C8H18N2O2/c1-6(2)7(8(11)12)10-5-3-4-9/h6-7,10H,3-5,9H2,1-2H3,(H,11,12)/t7-/m0/s1. The molecule has 0 aromatic heterocycles. The van der Waals surface area contributed by atoms with Crippen molar-refractivity contribution in [2.24, 2.45) is 11.7 Å². The van der Waals surface area contributed by atoms with Gasteiger partial charge in [-0.25, -0.2) is 0 Å². The maximum absolute atomic E-state index is 10.6. The van der Waals surface area contributed by atoms with Crippen molar-refractivity contribution in [3.8, 4) is 0 Å². The van der Waals surface area contributed by atoms with Crippen LogP contribution in [0.4, 0.5) is 0 Å². The van der Waals surface area contributed by atoms with E-state index in [0.29, 0.717) is 13.1 Å². The monoisotopic (exact) mass is 174 g/mol. The fraction of sp³-hybridized carbons (Fsp3) is 0.875. The summed E-state index contributed by atoms with van der Waals surface area (Å²) in [6.45, 7) is 5.03. The van der Waals surface area contributed by atoms with E-state index < -0.39 is 12.0 Å². The largest absolute Gasteiger partial charge is 0.480 e. The molecule has 0 heterocycles. The van der Waals surface area contributed by atoms with Crippen molar-refractivity contribution in [3.63, 3.8) is 0 Å². The van der Waals surface area contributed by atoms with Gasteiger partial charge in [0.25, 0.3) is 0 Å². The minimum Gasteiger partial charge on any atom is -0.480 e. The van der Waals surface area contributed by atoms with Gasteiger partial charge in [-0.05, 0) is 25.4 Å². The smallest absolute Gasteiger partial charge is 0.320 e. The lowest BCUT2D eigenvalue weighted by Gasteiger charge is -2.17. The van der Waals surface area contributed by atoms with E-state index in [-0.39, 0.29) is 5.92 Å². The number of aliphatic carboxylic acids is 1. The molecule has 0 saturated carbocycles. The molecule has 0 saturated heterocycles. The SMILES string of the molecule is CC(C)[C@H](NCCCN)C(=O)O. The van der Waals surface area contributed by atoms with Crippen LogP contribution in [0.1, 0.15) is 20.3 Å². The van der Waals surface area contributed by atoms with Crippen LogP contribution in [0.5, 0.6) is 0 Å². The molecule has 0 radical (unpaired) electrons. The third-order valence-corrected chi connectivity index (χ3v) is 1.68. The molecule has 1 atom stereocenters. The zero-order chi connectivity index (χ0) is 9.56. The summed E-state index contributed by atoms with van der Waals surface area (Å²) < 4.78 is 0. The Hall–Kier alpha value is -0.610. The third-order valence-electron chi connectivity index (χ3n) is 1.68. The summed E-state index contributed by atoms with van der Waals surface area (Å²) in [4.78, 5) is 10.6. The van der Waals surface area contributed by atoms with Crippen molar-refractivity contribution in [1.29, 1.82) is 0 Å². The van der Waals surface area contributed by atoms with Crippen LogP contribution in [-0.4, -0.2) is 30.2 Å². The molecular formula is C8H18N2O2. The lowest BCUT2D eigenvalue weighted by molar-refractivity contribution is -0.140. The second kappa shape index (κ2) is 5.97. The van der Waals surface area contributed by atoms with Crippen LogP contribution in [0, 0.1) is 5.92 Å². The van der Waals surface area contributed by atoms with Gasteiger partial charge in [0, 0.05) is 0 Å². The number of carboxylic acids is 1. The summed E-state index contributed by atoms with van der Waals surface area (Å²) in [5.41, 5.74) is 5.28. The Labute approximate surface area is 73.1 Å². The van der Waals surface area contributed by atoms with Gasteiger partial charge < -0.3 is 16.2 Å². The summed E-state index contributed by atoms with van der Waals surface area (Å²) in [6.07, 6.45) is 0.816. The number of nitrogens with two attached hydrogens (primary N) is 1. The van der Waals surface area contributed by atoms with Crippen LogP contribution in [0.2, 0.25) is 0 Å². The predicted octanol–water partition coefficient (Wildman–Crippen LogP) is 0.0340. The average molecular weight is 174 g/mol. The first kappa shape index (κ1) is 11.4. The second-order valence-electron chi connectivity index (χ2n) is 3.16. The lowest BCUT2D eigenvalue weighted by Crippen LogP contribution is -2.41. The molecular weight excluding hydrogens is 156 g/mol. The molecule has 0 fully saturated rings. The zero-order valence-corrected chi connectivity index (χ0v) is 7.71. The summed E-state index contributed by atoms with van der Waals surface area (Å²) in [5, 5.41) is 11.7. The quantitative estimate of drug-likeness (QED) is 0.497.